The fourth-order valence-electron chi connectivity index (χ4n) is 1.82. The number of methoxy groups -OCH3 is 2. The number of nitrogens with two attached hydrogens (primary N) is 1. The Hall–Kier alpha value is -2.16. The molecule has 0 atom stereocenters. The van der Waals surface area contributed by atoms with E-state index in [1.165, 1.54) is 5.56 Å². The van der Waals surface area contributed by atoms with Crippen LogP contribution in [-0.2, 0) is 6.42 Å². The van der Waals surface area contributed by atoms with Crippen molar-refractivity contribution in [2.75, 3.05) is 20.0 Å². The van der Waals surface area contributed by atoms with Gasteiger partial charge in [-0.1, -0.05) is 18.2 Å². The van der Waals surface area contributed by atoms with Crippen LogP contribution < -0.4 is 15.2 Å². The lowest BCUT2D eigenvalue weighted by molar-refractivity contribution is 0.414. The molecule has 0 aliphatic rings. The van der Waals surface area contributed by atoms with Crippen molar-refractivity contribution in [2.24, 2.45) is 0 Å². The van der Waals surface area contributed by atoms with Gasteiger partial charge in [0.1, 0.15) is 11.5 Å². The molecule has 2 rings (SSSR count). The van der Waals surface area contributed by atoms with E-state index in [2.05, 4.69) is 0 Å². The van der Waals surface area contributed by atoms with Crippen LogP contribution >= 0.6 is 0 Å². The lowest BCUT2D eigenvalue weighted by atomic mass is 10.0. The minimum absolute atomic E-state index is 0.755. The molecular weight excluding hydrogens is 226 g/mol. The molecule has 2 aromatic rings. The highest BCUT2D eigenvalue weighted by atomic mass is 16.5. The second kappa shape index (κ2) is 5.45. The molecule has 0 unspecified atom stereocenters. The van der Waals surface area contributed by atoms with Gasteiger partial charge >= 0.3 is 0 Å². The van der Waals surface area contributed by atoms with Crippen molar-refractivity contribution >= 4 is 5.69 Å². The van der Waals surface area contributed by atoms with Crippen molar-refractivity contribution in [1.82, 2.24) is 0 Å². The van der Waals surface area contributed by atoms with Crippen LogP contribution in [-0.4, -0.2) is 14.2 Å². The van der Waals surface area contributed by atoms with Crippen LogP contribution in [0.4, 0.5) is 5.69 Å². The summed E-state index contributed by atoms with van der Waals surface area (Å²) in [5.41, 5.74) is 9.05. The summed E-state index contributed by atoms with van der Waals surface area (Å²) in [6.45, 7) is 0. The van der Waals surface area contributed by atoms with E-state index in [1.54, 1.807) is 14.2 Å². The predicted molar refractivity (Wildman–Crippen MR) is 73.2 cm³/mol. The Labute approximate surface area is 107 Å². The number of ether oxygens (including phenoxy) is 2. The third kappa shape index (κ3) is 2.74. The summed E-state index contributed by atoms with van der Waals surface area (Å²) in [5.74, 6) is 1.65. The zero-order valence-corrected chi connectivity index (χ0v) is 10.6. The molecular formula is C15H17NO2. The van der Waals surface area contributed by atoms with E-state index in [1.807, 2.05) is 42.5 Å². The normalized spacial score (nSPS) is 10.1. The lowest BCUT2D eigenvalue weighted by Gasteiger charge is -2.08. The first-order valence-corrected chi connectivity index (χ1v) is 5.78. The second-order valence-corrected chi connectivity index (χ2v) is 4.09. The van der Waals surface area contributed by atoms with Crippen LogP contribution in [0.15, 0.2) is 42.5 Å². The van der Waals surface area contributed by atoms with Gasteiger partial charge in [-0.3, -0.25) is 0 Å². The maximum absolute atomic E-state index is 6.00. The zero-order valence-electron chi connectivity index (χ0n) is 10.6. The van der Waals surface area contributed by atoms with Crippen LogP contribution in [0.25, 0.3) is 0 Å². The first-order chi connectivity index (χ1) is 8.72. The summed E-state index contributed by atoms with van der Waals surface area (Å²) in [5, 5.41) is 0. The molecule has 3 heteroatoms. The first kappa shape index (κ1) is 12.3. The molecule has 0 heterocycles. The lowest BCUT2D eigenvalue weighted by Crippen LogP contribution is -1.97. The van der Waals surface area contributed by atoms with Crippen molar-refractivity contribution in [3.05, 3.63) is 53.6 Å². The van der Waals surface area contributed by atoms with Gasteiger partial charge in [0.15, 0.2) is 0 Å². The van der Waals surface area contributed by atoms with E-state index in [0.717, 1.165) is 29.2 Å². The van der Waals surface area contributed by atoms with Gasteiger partial charge in [-0.15, -0.1) is 0 Å². The van der Waals surface area contributed by atoms with E-state index >= 15 is 0 Å². The second-order valence-electron chi connectivity index (χ2n) is 4.09. The van der Waals surface area contributed by atoms with Crippen LogP contribution in [0.2, 0.25) is 0 Å². The van der Waals surface area contributed by atoms with Crippen LogP contribution in [0.1, 0.15) is 11.1 Å². The number of hydrogen-bond donors (Lipinski definition) is 1. The minimum atomic E-state index is 0.755. The molecule has 0 aromatic heterocycles. The standard InChI is InChI=1S/C15H17NO2/c1-17-13-6-3-11(4-7-13)9-12-5-8-14(18-2)10-15(12)16/h3-8,10H,9,16H2,1-2H3. The quantitative estimate of drug-likeness (QED) is 0.840. The maximum Gasteiger partial charge on any atom is 0.120 e. The molecule has 2 aromatic carbocycles. The number of rotatable bonds is 4. The summed E-state index contributed by atoms with van der Waals surface area (Å²) in [6, 6.07) is 13.8. The van der Waals surface area contributed by atoms with E-state index in [4.69, 9.17) is 15.2 Å². The van der Waals surface area contributed by atoms with Gasteiger partial charge in [0.05, 0.1) is 14.2 Å². The smallest absolute Gasteiger partial charge is 0.120 e. The van der Waals surface area contributed by atoms with E-state index in [9.17, 15) is 0 Å². The fraction of sp³-hybridized carbons (Fsp3) is 0.200. The molecule has 3 nitrogen and oxygen atoms in total. The SMILES string of the molecule is COc1ccc(Cc2ccc(OC)cc2N)cc1. The number of benzene rings is 2. The molecule has 0 radical (unpaired) electrons. The van der Waals surface area contributed by atoms with Gasteiger partial charge < -0.3 is 15.2 Å². The molecule has 94 valence electrons. The average molecular weight is 243 g/mol. The van der Waals surface area contributed by atoms with E-state index in [0.29, 0.717) is 0 Å². The van der Waals surface area contributed by atoms with Gasteiger partial charge in [-0.05, 0) is 35.7 Å². The number of anilines is 1. The van der Waals surface area contributed by atoms with Gasteiger partial charge in [0.2, 0.25) is 0 Å². The predicted octanol–water partition coefficient (Wildman–Crippen LogP) is 2.88. The Morgan fingerprint density at radius 3 is 2.06 bits per heavy atom. The zero-order chi connectivity index (χ0) is 13.0. The maximum atomic E-state index is 6.00. The Morgan fingerprint density at radius 2 is 1.50 bits per heavy atom. The fourth-order valence-corrected chi connectivity index (χ4v) is 1.82. The van der Waals surface area contributed by atoms with Crippen LogP contribution in [0.3, 0.4) is 0 Å². The highest BCUT2D eigenvalue weighted by molar-refractivity contribution is 5.53. The van der Waals surface area contributed by atoms with Crippen molar-refractivity contribution in [3.63, 3.8) is 0 Å². The van der Waals surface area contributed by atoms with Crippen molar-refractivity contribution in [2.45, 2.75) is 6.42 Å². The summed E-state index contributed by atoms with van der Waals surface area (Å²) in [6.07, 6.45) is 0.805. The molecule has 0 bridgehead atoms. The third-order valence-electron chi connectivity index (χ3n) is 2.91. The van der Waals surface area contributed by atoms with Gasteiger partial charge in [-0.2, -0.15) is 0 Å². The molecule has 0 amide bonds. The van der Waals surface area contributed by atoms with Crippen molar-refractivity contribution in [1.29, 1.82) is 0 Å². The van der Waals surface area contributed by atoms with Gasteiger partial charge in [0, 0.05) is 11.8 Å². The largest absolute Gasteiger partial charge is 0.497 e. The highest BCUT2D eigenvalue weighted by Crippen LogP contribution is 2.23. The van der Waals surface area contributed by atoms with E-state index in [-0.39, 0.29) is 0 Å². The summed E-state index contributed by atoms with van der Waals surface area (Å²) in [7, 11) is 3.30. The number of nitrogen functional groups attached to an aromatic ring is 1. The molecule has 0 saturated carbocycles. The summed E-state index contributed by atoms with van der Waals surface area (Å²) < 4.78 is 10.3. The van der Waals surface area contributed by atoms with Crippen LogP contribution in [0, 0.1) is 0 Å². The summed E-state index contributed by atoms with van der Waals surface area (Å²) >= 11 is 0. The Bertz CT molecular complexity index is 521. The minimum Gasteiger partial charge on any atom is -0.497 e. The van der Waals surface area contributed by atoms with Crippen molar-refractivity contribution in [3.8, 4) is 11.5 Å². The first-order valence-electron chi connectivity index (χ1n) is 5.78. The molecule has 0 fully saturated rings. The number of hydrogen-bond acceptors (Lipinski definition) is 3. The van der Waals surface area contributed by atoms with Gasteiger partial charge in [-0.25, -0.2) is 0 Å². The van der Waals surface area contributed by atoms with Gasteiger partial charge in [0.25, 0.3) is 0 Å². The summed E-state index contributed by atoms with van der Waals surface area (Å²) in [4.78, 5) is 0. The Kier molecular flexibility index (Phi) is 3.72. The molecule has 2 N–H and O–H groups in total. The Balaban J connectivity index is 2.17. The molecule has 18 heavy (non-hydrogen) atoms. The van der Waals surface area contributed by atoms with E-state index < -0.39 is 0 Å². The molecule has 0 aliphatic heterocycles. The van der Waals surface area contributed by atoms with Crippen LogP contribution in [0.5, 0.6) is 11.5 Å². The topological polar surface area (TPSA) is 44.5 Å². The molecule has 0 aliphatic carbocycles. The molecule has 0 spiro atoms. The third-order valence-corrected chi connectivity index (χ3v) is 2.91. The Morgan fingerprint density at radius 1 is 0.889 bits per heavy atom. The van der Waals surface area contributed by atoms with Crippen molar-refractivity contribution < 1.29 is 9.47 Å². The monoisotopic (exact) mass is 243 g/mol. The average Bonchev–Trinajstić information content (AvgIpc) is 2.42. The highest BCUT2D eigenvalue weighted by Gasteiger charge is 2.03. The molecule has 0 saturated heterocycles.